The van der Waals surface area contributed by atoms with Crippen molar-refractivity contribution in [3.8, 4) is 0 Å². The number of carbonyl (C=O) groups is 1. The van der Waals surface area contributed by atoms with Crippen LogP contribution < -0.4 is 10.9 Å². The monoisotopic (exact) mass is 511 g/mol. The molecule has 1 amide bonds. The average Bonchev–Trinajstić information content (AvgIpc) is 2.90. The van der Waals surface area contributed by atoms with Gasteiger partial charge in [-0.05, 0) is 48.9 Å². The molecule has 190 valence electrons. The van der Waals surface area contributed by atoms with Crippen LogP contribution in [-0.2, 0) is 21.7 Å². The van der Waals surface area contributed by atoms with Crippen molar-refractivity contribution in [2.24, 2.45) is 5.92 Å². The lowest BCUT2D eigenvalue weighted by molar-refractivity contribution is -0.126. The molecule has 0 radical (unpaired) electrons. The summed E-state index contributed by atoms with van der Waals surface area (Å²) in [5, 5.41) is 3.57. The summed E-state index contributed by atoms with van der Waals surface area (Å²) < 4.78 is 20.4. The molecule has 1 fully saturated rings. The molecular formula is C26H30FN5O3S. The molecule has 10 heteroatoms. The van der Waals surface area contributed by atoms with E-state index in [0.717, 1.165) is 36.8 Å². The van der Waals surface area contributed by atoms with Gasteiger partial charge in [0, 0.05) is 61.9 Å². The van der Waals surface area contributed by atoms with Crippen LogP contribution in [0.1, 0.15) is 48.4 Å². The summed E-state index contributed by atoms with van der Waals surface area (Å²) in [4.78, 5) is 37.9. The van der Waals surface area contributed by atoms with Gasteiger partial charge >= 0.3 is 0 Å². The Labute approximate surface area is 213 Å². The molecule has 4 rings (SSSR count). The highest BCUT2D eigenvalue weighted by atomic mass is 32.2. The summed E-state index contributed by atoms with van der Waals surface area (Å²) in [6, 6.07) is 6.47. The first-order valence-corrected chi connectivity index (χ1v) is 13.0. The molecule has 1 N–H and O–H groups in total. The summed E-state index contributed by atoms with van der Waals surface area (Å²) in [5.74, 6) is 0.326. The van der Waals surface area contributed by atoms with Crippen molar-refractivity contribution >= 4 is 17.7 Å². The third kappa shape index (κ3) is 6.98. The molecule has 0 saturated heterocycles. The van der Waals surface area contributed by atoms with Gasteiger partial charge in [0.25, 0.3) is 5.56 Å². The van der Waals surface area contributed by atoms with Crippen molar-refractivity contribution in [3.63, 3.8) is 0 Å². The fourth-order valence-corrected chi connectivity index (χ4v) is 5.38. The maximum absolute atomic E-state index is 13.3. The second kappa shape index (κ2) is 12.7. The summed E-state index contributed by atoms with van der Waals surface area (Å²) >= 11 is 1.46. The number of halogens is 1. The quantitative estimate of drug-likeness (QED) is 0.252. The van der Waals surface area contributed by atoms with Gasteiger partial charge in [0.1, 0.15) is 12.1 Å². The van der Waals surface area contributed by atoms with Crippen LogP contribution in [0.15, 0.2) is 59.1 Å². The van der Waals surface area contributed by atoms with Gasteiger partial charge in [0.15, 0.2) is 5.16 Å². The Morgan fingerprint density at radius 1 is 1.14 bits per heavy atom. The smallest absolute Gasteiger partial charge is 0.277 e. The summed E-state index contributed by atoms with van der Waals surface area (Å²) in [6.45, 7) is 1.00. The number of amides is 1. The van der Waals surface area contributed by atoms with E-state index in [4.69, 9.17) is 4.74 Å². The zero-order valence-electron chi connectivity index (χ0n) is 20.2. The van der Waals surface area contributed by atoms with Crippen LogP contribution in [-0.4, -0.2) is 45.7 Å². The van der Waals surface area contributed by atoms with Crippen molar-refractivity contribution in [2.75, 3.05) is 20.3 Å². The molecule has 36 heavy (non-hydrogen) atoms. The number of carbonyl (C=O) groups excluding carboxylic acids is 1. The molecule has 0 unspecified atom stereocenters. The molecule has 2 heterocycles. The molecule has 0 spiro atoms. The molecule has 1 saturated carbocycles. The highest BCUT2D eigenvalue weighted by Gasteiger charge is 2.28. The minimum atomic E-state index is -0.281. The Balaban J connectivity index is 1.53. The number of methoxy groups -OCH3 is 1. The number of hydrogen-bond acceptors (Lipinski definition) is 7. The van der Waals surface area contributed by atoms with Gasteiger partial charge in [-0.3, -0.25) is 9.59 Å². The third-order valence-electron chi connectivity index (χ3n) is 6.34. The van der Waals surface area contributed by atoms with Crippen molar-refractivity contribution in [1.29, 1.82) is 0 Å². The molecule has 3 aromatic rings. The summed E-state index contributed by atoms with van der Waals surface area (Å²) in [7, 11) is 1.61. The Morgan fingerprint density at radius 2 is 1.86 bits per heavy atom. The number of nitrogens with zero attached hydrogens (tertiary/aromatic N) is 4. The molecule has 8 nitrogen and oxygen atoms in total. The van der Waals surface area contributed by atoms with Crippen LogP contribution in [0.2, 0.25) is 0 Å². The van der Waals surface area contributed by atoms with Crippen molar-refractivity contribution in [2.45, 2.75) is 49.1 Å². The first-order valence-electron chi connectivity index (χ1n) is 12.0. The maximum Gasteiger partial charge on any atom is 0.277 e. The molecule has 1 aliphatic carbocycles. The second-order valence-corrected chi connectivity index (χ2v) is 9.83. The molecule has 0 aliphatic heterocycles. The van der Waals surface area contributed by atoms with Gasteiger partial charge in [-0.25, -0.2) is 14.4 Å². The molecule has 2 aromatic heterocycles. The van der Waals surface area contributed by atoms with Crippen molar-refractivity contribution in [3.05, 3.63) is 82.0 Å². The largest absolute Gasteiger partial charge is 0.383 e. The zero-order valence-corrected chi connectivity index (χ0v) is 21.0. The van der Waals surface area contributed by atoms with E-state index in [2.05, 4.69) is 24.8 Å². The number of hydrogen-bond donors (Lipinski definition) is 1. The Morgan fingerprint density at radius 3 is 2.56 bits per heavy atom. The van der Waals surface area contributed by atoms with Gasteiger partial charge in [-0.1, -0.05) is 23.9 Å². The fourth-order valence-electron chi connectivity index (χ4n) is 4.39. The van der Waals surface area contributed by atoms with Crippen LogP contribution in [0.5, 0.6) is 0 Å². The SMILES string of the molecule is COCCNC(=O)C1CCC(n2cc(Cc3cncnc3)c(=O)nc2SCc2ccc(F)cc2)CC1. The zero-order chi connectivity index (χ0) is 25.3. The van der Waals surface area contributed by atoms with Crippen LogP contribution in [0.4, 0.5) is 4.39 Å². The minimum Gasteiger partial charge on any atom is -0.383 e. The maximum atomic E-state index is 13.3. The molecule has 0 atom stereocenters. The van der Waals surface area contributed by atoms with Crippen LogP contribution in [0, 0.1) is 11.7 Å². The Hall–Kier alpha value is -3.11. The predicted molar refractivity (Wildman–Crippen MR) is 135 cm³/mol. The normalized spacial score (nSPS) is 17.6. The van der Waals surface area contributed by atoms with Gasteiger partial charge in [-0.15, -0.1) is 0 Å². The van der Waals surface area contributed by atoms with E-state index in [9.17, 15) is 14.0 Å². The van der Waals surface area contributed by atoms with E-state index in [0.29, 0.717) is 36.0 Å². The third-order valence-corrected chi connectivity index (χ3v) is 7.38. The first-order chi connectivity index (χ1) is 17.5. The lowest BCUT2D eigenvalue weighted by Crippen LogP contribution is -2.35. The first kappa shape index (κ1) is 26.0. The number of aromatic nitrogens is 4. The van der Waals surface area contributed by atoms with Gasteiger partial charge in [-0.2, -0.15) is 4.98 Å². The number of ether oxygens (including phenoxy) is 1. The number of thioether (sulfide) groups is 1. The Bertz CT molecular complexity index is 1200. The van der Waals surface area contributed by atoms with Crippen LogP contribution >= 0.6 is 11.8 Å². The van der Waals surface area contributed by atoms with Crippen LogP contribution in [0.25, 0.3) is 0 Å². The Kier molecular flexibility index (Phi) is 9.18. The van der Waals surface area contributed by atoms with E-state index >= 15 is 0 Å². The predicted octanol–water partition coefficient (Wildman–Crippen LogP) is 3.55. The topological polar surface area (TPSA) is 99.0 Å². The number of rotatable bonds is 10. The van der Waals surface area contributed by atoms with Crippen molar-refractivity contribution < 1.29 is 13.9 Å². The molecule has 1 aromatic carbocycles. The van der Waals surface area contributed by atoms with Gasteiger partial charge in [0.05, 0.1) is 6.61 Å². The summed E-state index contributed by atoms with van der Waals surface area (Å²) in [5.41, 5.74) is 2.09. The lowest BCUT2D eigenvalue weighted by atomic mass is 9.85. The highest BCUT2D eigenvalue weighted by Crippen LogP contribution is 2.35. The molecular weight excluding hydrogens is 481 g/mol. The van der Waals surface area contributed by atoms with E-state index in [1.807, 2.05) is 6.20 Å². The van der Waals surface area contributed by atoms with E-state index in [-0.39, 0.29) is 29.2 Å². The minimum absolute atomic E-state index is 0.0262. The average molecular weight is 512 g/mol. The lowest BCUT2D eigenvalue weighted by Gasteiger charge is -2.31. The summed E-state index contributed by atoms with van der Waals surface area (Å²) in [6.07, 6.45) is 10.3. The van der Waals surface area contributed by atoms with E-state index in [1.54, 1.807) is 31.6 Å². The van der Waals surface area contributed by atoms with E-state index in [1.165, 1.54) is 30.2 Å². The standard InChI is InChI=1S/C26H30FN5O3S/c1-35-11-10-30-24(33)20-4-8-23(9-5-20)32-15-21(12-19-13-28-17-29-14-19)25(34)31-26(32)36-16-18-2-6-22(27)7-3-18/h2-3,6-7,13-15,17,20,23H,4-5,8-12,16H2,1H3,(H,30,33). The molecule has 1 aliphatic rings. The van der Waals surface area contributed by atoms with Crippen LogP contribution in [0.3, 0.4) is 0 Å². The number of benzene rings is 1. The van der Waals surface area contributed by atoms with Crippen molar-refractivity contribution in [1.82, 2.24) is 24.8 Å². The van der Waals surface area contributed by atoms with Gasteiger partial charge in [0.2, 0.25) is 5.91 Å². The van der Waals surface area contributed by atoms with Gasteiger partial charge < -0.3 is 14.6 Å². The number of nitrogens with one attached hydrogen (secondary N) is 1. The second-order valence-electron chi connectivity index (χ2n) is 8.89. The van der Waals surface area contributed by atoms with E-state index < -0.39 is 0 Å². The fraction of sp³-hybridized carbons (Fsp3) is 0.423. The highest BCUT2D eigenvalue weighted by molar-refractivity contribution is 7.98. The molecule has 0 bridgehead atoms.